The van der Waals surface area contributed by atoms with Crippen molar-refractivity contribution in [3.05, 3.63) is 47.8 Å². The Labute approximate surface area is 122 Å². The molecule has 0 amide bonds. The minimum absolute atomic E-state index is 1.08. The van der Waals surface area contributed by atoms with Gasteiger partial charge < -0.3 is 4.57 Å². The van der Waals surface area contributed by atoms with E-state index in [0.29, 0.717) is 0 Å². The smallest absolute Gasteiger partial charge is 0.320 e. The number of nitrogens with zero attached hydrogens (tertiary/aromatic N) is 1. The zero-order valence-corrected chi connectivity index (χ0v) is 13.7. The number of benzene rings is 1. The first kappa shape index (κ1) is 17.0. The molecule has 1 aromatic heterocycles. The van der Waals surface area contributed by atoms with E-state index in [1.165, 1.54) is 22.2 Å². The van der Waals surface area contributed by atoms with Crippen molar-refractivity contribution < 1.29 is 14.4 Å². The normalized spacial score (nSPS) is 9.85. The van der Waals surface area contributed by atoms with E-state index in [0.717, 1.165) is 12.8 Å². The third-order valence-corrected chi connectivity index (χ3v) is 3.49. The molecule has 0 aliphatic heterocycles. The second-order valence-corrected chi connectivity index (χ2v) is 5.30. The maximum Gasteiger partial charge on any atom is 0.692 e. The van der Waals surface area contributed by atoms with Crippen molar-refractivity contribution in [3.8, 4) is 5.69 Å². The molecule has 2 rings (SSSR count). The van der Waals surface area contributed by atoms with Crippen LogP contribution in [0.3, 0.4) is 0 Å². The lowest BCUT2D eigenvalue weighted by molar-refractivity contribution is 0.405. The fraction of sp³-hybridized carbons (Fsp3) is 0.286. The second-order valence-electron chi connectivity index (χ2n) is 4.18. The van der Waals surface area contributed by atoms with Crippen LogP contribution in [-0.2, 0) is 17.4 Å². The van der Waals surface area contributed by atoms with E-state index in [9.17, 15) is 0 Å². The maximum absolute atomic E-state index is 8.70. The van der Waals surface area contributed by atoms with Gasteiger partial charge in [-0.05, 0) is 35.8 Å². The van der Waals surface area contributed by atoms with Crippen molar-refractivity contribution in [2.75, 3.05) is 0 Å². The Bertz CT molecular complexity index is 578. The molecule has 0 aliphatic carbocycles. The summed E-state index contributed by atoms with van der Waals surface area (Å²) in [6, 6.07) is 10.7. The van der Waals surface area contributed by atoms with Crippen LogP contribution in [0.5, 0.6) is 0 Å². The molecule has 1 aromatic carbocycles. The zero-order chi connectivity index (χ0) is 15.1. The van der Waals surface area contributed by atoms with Crippen LogP contribution >= 0.6 is 17.5 Å². The van der Waals surface area contributed by atoms with Crippen molar-refractivity contribution in [2.45, 2.75) is 26.7 Å². The van der Waals surface area contributed by atoms with Gasteiger partial charge in [-0.15, -0.1) is 19.0 Å². The number of hydrogen-bond donors (Lipinski definition) is 2. The van der Waals surface area contributed by atoms with Crippen LogP contribution in [0.1, 0.15) is 25.1 Å². The molecule has 20 heavy (non-hydrogen) atoms. The predicted molar refractivity (Wildman–Crippen MR) is 85.9 cm³/mol. The average molecular weight is 312 g/mol. The van der Waals surface area contributed by atoms with Gasteiger partial charge in [-0.25, -0.2) is 0 Å². The first-order valence-electron chi connectivity index (χ1n) is 6.40. The van der Waals surface area contributed by atoms with E-state index in [-0.39, 0.29) is 0 Å². The molecule has 108 valence electrons. The fourth-order valence-corrected chi connectivity index (χ4v) is 2.50. The van der Waals surface area contributed by atoms with Crippen molar-refractivity contribution in [3.63, 3.8) is 0 Å². The number of rotatable bonds is 3. The van der Waals surface area contributed by atoms with Crippen molar-refractivity contribution in [2.24, 2.45) is 0 Å². The Balaban J connectivity index is 0.000000444. The summed E-state index contributed by atoms with van der Waals surface area (Å²) < 4.78 is 11.0. The number of aromatic nitrogens is 1. The maximum atomic E-state index is 8.70. The summed E-state index contributed by atoms with van der Waals surface area (Å²) in [7, 11) is -0.0635. The highest BCUT2D eigenvalue weighted by atomic mass is 31.1. The Morgan fingerprint density at radius 1 is 1.15 bits per heavy atom. The predicted octanol–water partition coefficient (Wildman–Crippen LogP) is 2.73. The molecular formula is C14H20NO3P2+. The van der Waals surface area contributed by atoms with Crippen molar-refractivity contribution in [1.29, 1.82) is 0 Å². The standard InChI is InChI=1S/C14H18NP.HO3P/c1-3-11-9-10-15(12(11)4-2)13-7-5-6-8-14(13)16;1-4(2)3/h5-10H,3-4,16H2,1-2H3;(H-,1,2,3)/p+1. The molecule has 0 saturated heterocycles. The molecule has 0 radical (unpaired) electrons. The quantitative estimate of drug-likeness (QED) is 0.857. The molecular weight excluding hydrogens is 292 g/mol. The van der Waals surface area contributed by atoms with Crippen LogP contribution in [0, 0.1) is 0 Å². The van der Waals surface area contributed by atoms with E-state index >= 15 is 0 Å². The van der Waals surface area contributed by atoms with Crippen LogP contribution in [0.15, 0.2) is 36.5 Å². The summed E-state index contributed by atoms with van der Waals surface area (Å²) in [6.07, 6.45) is 4.37. The van der Waals surface area contributed by atoms with Gasteiger partial charge in [0.25, 0.3) is 0 Å². The molecule has 6 heteroatoms. The van der Waals surface area contributed by atoms with Gasteiger partial charge in [0.15, 0.2) is 0 Å². The fourth-order valence-electron chi connectivity index (χ4n) is 2.16. The Hall–Kier alpha value is -1.05. The molecule has 0 bridgehead atoms. The summed E-state index contributed by atoms with van der Waals surface area (Å²) in [5, 5.41) is 1.25. The number of aryl methyl sites for hydroxylation is 1. The van der Waals surface area contributed by atoms with E-state index in [4.69, 9.17) is 14.4 Å². The lowest BCUT2D eigenvalue weighted by atomic mass is 10.1. The highest BCUT2D eigenvalue weighted by molar-refractivity contribution is 7.30. The zero-order valence-electron chi connectivity index (χ0n) is 11.7. The molecule has 0 spiro atoms. The minimum atomic E-state index is -2.87. The van der Waals surface area contributed by atoms with Gasteiger partial charge in [-0.2, -0.15) is 0 Å². The van der Waals surface area contributed by atoms with Crippen LogP contribution in [0.4, 0.5) is 0 Å². The van der Waals surface area contributed by atoms with Crippen LogP contribution in [0.25, 0.3) is 5.69 Å². The average Bonchev–Trinajstić information content (AvgIpc) is 2.81. The van der Waals surface area contributed by atoms with E-state index in [2.05, 4.69) is 64.2 Å². The SMILES string of the molecule is CCc1ccn(-c2ccccc2P)c1CC.O=[P+](O)O. The third-order valence-electron chi connectivity index (χ3n) is 3.00. The lowest BCUT2D eigenvalue weighted by Gasteiger charge is -2.11. The van der Waals surface area contributed by atoms with Gasteiger partial charge >= 0.3 is 8.25 Å². The third kappa shape index (κ3) is 4.50. The van der Waals surface area contributed by atoms with E-state index in [1.807, 2.05) is 0 Å². The van der Waals surface area contributed by atoms with Crippen molar-refractivity contribution >= 4 is 22.8 Å². The Morgan fingerprint density at radius 3 is 2.25 bits per heavy atom. The van der Waals surface area contributed by atoms with Gasteiger partial charge in [0.1, 0.15) is 0 Å². The van der Waals surface area contributed by atoms with Crippen LogP contribution < -0.4 is 5.30 Å². The van der Waals surface area contributed by atoms with Gasteiger partial charge in [-0.1, -0.05) is 32.0 Å². The molecule has 1 unspecified atom stereocenters. The summed E-state index contributed by atoms with van der Waals surface area (Å²) in [5.41, 5.74) is 4.15. The minimum Gasteiger partial charge on any atom is -0.320 e. The van der Waals surface area contributed by atoms with Gasteiger partial charge in [-0.3, -0.25) is 0 Å². The van der Waals surface area contributed by atoms with E-state index in [1.54, 1.807) is 0 Å². The summed E-state index contributed by atoms with van der Waals surface area (Å²) >= 11 is 0. The summed E-state index contributed by atoms with van der Waals surface area (Å²) in [5.74, 6) is 0. The number of para-hydroxylation sites is 1. The first-order chi connectivity index (χ1) is 9.51. The molecule has 1 heterocycles. The van der Waals surface area contributed by atoms with Gasteiger partial charge in [0.05, 0.1) is 5.69 Å². The monoisotopic (exact) mass is 312 g/mol. The molecule has 2 N–H and O–H groups in total. The molecule has 2 aromatic rings. The molecule has 1 atom stereocenters. The number of hydrogen-bond acceptors (Lipinski definition) is 1. The highest BCUT2D eigenvalue weighted by Crippen LogP contribution is 2.18. The largest absolute Gasteiger partial charge is 0.692 e. The first-order valence-corrected chi connectivity index (χ1v) is 8.14. The molecule has 4 nitrogen and oxygen atoms in total. The Kier molecular flexibility index (Phi) is 7.04. The second kappa shape index (κ2) is 8.28. The lowest BCUT2D eigenvalue weighted by Crippen LogP contribution is -2.07. The van der Waals surface area contributed by atoms with Crippen molar-refractivity contribution in [1.82, 2.24) is 4.57 Å². The summed E-state index contributed by atoms with van der Waals surface area (Å²) in [6.45, 7) is 4.43. The Morgan fingerprint density at radius 2 is 1.75 bits per heavy atom. The van der Waals surface area contributed by atoms with E-state index < -0.39 is 8.25 Å². The van der Waals surface area contributed by atoms with Crippen LogP contribution in [-0.4, -0.2) is 14.4 Å². The molecule has 0 saturated carbocycles. The molecule has 0 fully saturated rings. The molecule has 0 aliphatic rings. The van der Waals surface area contributed by atoms with Gasteiger partial charge in [0.2, 0.25) is 0 Å². The van der Waals surface area contributed by atoms with Gasteiger partial charge in [0, 0.05) is 16.5 Å². The summed E-state index contributed by atoms with van der Waals surface area (Å²) in [4.78, 5) is 14.2. The van der Waals surface area contributed by atoms with Crippen LogP contribution in [0.2, 0.25) is 0 Å². The highest BCUT2D eigenvalue weighted by Gasteiger charge is 2.08. The topological polar surface area (TPSA) is 62.5 Å².